The minimum atomic E-state index is -0.610. The summed E-state index contributed by atoms with van der Waals surface area (Å²) in [6.07, 6.45) is 0. The summed E-state index contributed by atoms with van der Waals surface area (Å²) in [7, 11) is 0. The van der Waals surface area contributed by atoms with Gasteiger partial charge in [0.25, 0.3) is 0 Å². The lowest BCUT2D eigenvalue weighted by Gasteiger charge is -2.08. The summed E-state index contributed by atoms with van der Waals surface area (Å²) in [5.74, 6) is -0.270. The lowest BCUT2D eigenvalue weighted by Crippen LogP contribution is -2.11. The maximum absolute atomic E-state index is 12.2. The third kappa shape index (κ3) is 4.31. The maximum Gasteiger partial charge on any atom is 0.345 e. The molecule has 2 aromatic carbocycles. The van der Waals surface area contributed by atoms with Crippen LogP contribution in [0.15, 0.2) is 53.6 Å². The van der Waals surface area contributed by atoms with Gasteiger partial charge in [-0.2, -0.15) is 15.6 Å². The maximum atomic E-state index is 12.2. The van der Waals surface area contributed by atoms with Crippen LogP contribution in [-0.2, 0) is 0 Å². The van der Waals surface area contributed by atoms with Crippen LogP contribution < -0.4 is 10.2 Å². The van der Waals surface area contributed by atoms with Crippen molar-refractivity contribution in [2.45, 2.75) is 0 Å². The van der Waals surface area contributed by atoms with E-state index in [1.165, 1.54) is 6.07 Å². The quantitative estimate of drug-likeness (QED) is 0.402. The standard InChI is InChI=1S/C16H9ClN4O2/c17-11-5-7-13(8-6-11)23-16(22)14-3-1-2-4-15(14)21-20-12(9-18)10-19/h1-8,21H. The van der Waals surface area contributed by atoms with Crippen molar-refractivity contribution in [1.29, 1.82) is 10.5 Å². The lowest BCUT2D eigenvalue weighted by atomic mass is 10.2. The highest BCUT2D eigenvalue weighted by Crippen LogP contribution is 2.20. The largest absolute Gasteiger partial charge is 0.423 e. The van der Waals surface area contributed by atoms with Crippen molar-refractivity contribution >= 4 is 29.0 Å². The average molecular weight is 325 g/mol. The molecule has 6 nitrogen and oxygen atoms in total. The molecule has 112 valence electrons. The summed E-state index contributed by atoms with van der Waals surface area (Å²) < 4.78 is 5.24. The Balaban J connectivity index is 2.21. The fraction of sp³-hybridized carbons (Fsp3) is 0. The number of benzene rings is 2. The van der Waals surface area contributed by atoms with E-state index in [1.807, 2.05) is 0 Å². The number of carbonyl (C=O) groups excluding carboxylic acids is 1. The van der Waals surface area contributed by atoms with Crippen molar-refractivity contribution in [2.24, 2.45) is 5.10 Å². The fourth-order valence-electron chi connectivity index (χ4n) is 1.61. The number of esters is 1. The number of para-hydroxylation sites is 1. The Morgan fingerprint density at radius 2 is 1.74 bits per heavy atom. The van der Waals surface area contributed by atoms with Gasteiger partial charge in [0.05, 0.1) is 11.3 Å². The first-order chi connectivity index (χ1) is 11.1. The van der Waals surface area contributed by atoms with Crippen molar-refractivity contribution < 1.29 is 9.53 Å². The van der Waals surface area contributed by atoms with Crippen LogP contribution in [0.5, 0.6) is 5.75 Å². The molecule has 0 aliphatic heterocycles. The molecule has 0 saturated heterocycles. The zero-order chi connectivity index (χ0) is 16.7. The molecule has 0 saturated carbocycles. The molecule has 7 heteroatoms. The molecule has 2 rings (SSSR count). The zero-order valence-corrected chi connectivity index (χ0v) is 12.4. The molecule has 1 N–H and O–H groups in total. The van der Waals surface area contributed by atoms with E-state index in [0.717, 1.165) is 0 Å². The summed E-state index contributed by atoms with van der Waals surface area (Å²) in [4.78, 5) is 12.2. The molecule has 0 fully saturated rings. The summed E-state index contributed by atoms with van der Waals surface area (Å²) in [5.41, 5.74) is 2.68. The molecule has 0 amide bonds. The van der Waals surface area contributed by atoms with Gasteiger partial charge < -0.3 is 4.74 Å². The summed E-state index contributed by atoms with van der Waals surface area (Å²) in [5, 5.41) is 21.4. The van der Waals surface area contributed by atoms with Crippen molar-refractivity contribution in [1.82, 2.24) is 0 Å². The first kappa shape index (κ1) is 16.0. The second-order valence-corrected chi connectivity index (χ2v) is 4.62. The first-order valence-corrected chi connectivity index (χ1v) is 6.72. The Labute approximate surface area is 137 Å². The summed E-state index contributed by atoms with van der Waals surface area (Å²) in [6.45, 7) is 0. The van der Waals surface area contributed by atoms with E-state index in [4.69, 9.17) is 26.9 Å². The van der Waals surface area contributed by atoms with Gasteiger partial charge in [0.1, 0.15) is 17.9 Å². The average Bonchev–Trinajstić information content (AvgIpc) is 2.58. The smallest absolute Gasteiger partial charge is 0.345 e. The normalized spacial score (nSPS) is 9.17. The molecule has 0 bridgehead atoms. The molecule has 0 heterocycles. The van der Waals surface area contributed by atoms with Gasteiger partial charge in [-0.3, -0.25) is 5.43 Å². The molecular formula is C16H9ClN4O2. The molecule has 23 heavy (non-hydrogen) atoms. The number of hydrazone groups is 1. The zero-order valence-electron chi connectivity index (χ0n) is 11.7. The van der Waals surface area contributed by atoms with Crippen LogP contribution >= 0.6 is 11.6 Å². The van der Waals surface area contributed by atoms with E-state index in [-0.39, 0.29) is 11.3 Å². The van der Waals surface area contributed by atoms with Gasteiger partial charge in [-0.05, 0) is 36.4 Å². The van der Waals surface area contributed by atoms with Crippen molar-refractivity contribution in [3.63, 3.8) is 0 Å². The number of nitrogens with zero attached hydrogens (tertiary/aromatic N) is 3. The number of nitrogens with one attached hydrogen (secondary N) is 1. The number of halogens is 1. The van der Waals surface area contributed by atoms with Crippen molar-refractivity contribution in [2.75, 3.05) is 5.43 Å². The molecule has 0 aliphatic carbocycles. The van der Waals surface area contributed by atoms with Crippen LogP contribution in [0.4, 0.5) is 5.69 Å². The lowest BCUT2D eigenvalue weighted by molar-refractivity contribution is 0.0736. The van der Waals surface area contributed by atoms with E-state index in [9.17, 15) is 4.79 Å². The Kier molecular flexibility index (Phi) is 5.30. The molecule has 2 aromatic rings. The van der Waals surface area contributed by atoms with Crippen LogP contribution in [0.1, 0.15) is 10.4 Å². The number of hydrogen-bond donors (Lipinski definition) is 1. The van der Waals surface area contributed by atoms with E-state index in [1.54, 1.807) is 54.6 Å². The van der Waals surface area contributed by atoms with Gasteiger partial charge in [0.2, 0.25) is 5.71 Å². The monoisotopic (exact) mass is 324 g/mol. The van der Waals surface area contributed by atoms with E-state index in [0.29, 0.717) is 16.5 Å². The minimum absolute atomic E-state index is 0.210. The van der Waals surface area contributed by atoms with E-state index >= 15 is 0 Å². The van der Waals surface area contributed by atoms with Crippen LogP contribution in [0.25, 0.3) is 0 Å². The summed E-state index contributed by atoms with van der Waals surface area (Å²) >= 11 is 5.77. The van der Waals surface area contributed by atoms with Crippen molar-refractivity contribution in [3.8, 4) is 17.9 Å². The SMILES string of the molecule is N#CC(C#N)=NNc1ccccc1C(=O)Oc1ccc(Cl)cc1. The van der Waals surface area contributed by atoms with Crippen LogP contribution in [0.3, 0.4) is 0 Å². The predicted octanol–water partition coefficient (Wildman–Crippen LogP) is 3.37. The molecular weight excluding hydrogens is 316 g/mol. The Morgan fingerprint density at radius 3 is 2.39 bits per heavy atom. The molecule has 0 aromatic heterocycles. The predicted molar refractivity (Wildman–Crippen MR) is 85.1 cm³/mol. The first-order valence-electron chi connectivity index (χ1n) is 6.34. The summed E-state index contributed by atoms with van der Waals surface area (Å²) in [6, 6.07) is 16.0. The Bertz CT molecular complexity index is 816. The van der Waals surface area contributed by atoms with Gasteiger partial charge in [0.15, 0.2) is 0 Å². The second kappa shape index (κ2) is 7.60. The number of rotatable bonds is 4. The third-order valence-electron chi connectivity index (χ3n) is 2.67. The van der Waals surface area contributed by atoms with Crippen LogP contribution in [-0.4, -0.2) is 11.7 Å². The molecule has 0 atom stereocenters. The highest BCUT2D eigenvalue weighted by atomic mass is 35.5. The fourth-order valence-corrected chi connectivity index (χ4v) is 1.74. The highest BCUT2D eigenvalue weighted by molar-refractivity contribution is 6.30. The van der Waals surface area contributed by atoms with Gasteiger partial charge in [0, 0.05) is 5.02 Å². The number of anilines is 1. The number of carbonyl (C=O) groups is 1. The Morgan fingerprint density at radius 1 is 1.09 bits per heavy atom. The van der Waals surface area contributed by atoms with E-state index < -0.39 is 5.97 Å². The molecule has 0 aliphatic rings. The molecule has 0 spiro atoms. The van der Waals surface area contributed by atoms with Crippen LogP contribution in [0, 0.1) is 22.7 Å². The molecule has 0 radical (unpaired) electrons. The second-order valence-electron chi connectivity index (χ2n) is 4.18. The van der Waals surface area contributed by atoms with Crippen LogP contribution in [0.2, 0.25) is 5.02 Å². The van der Waals surface area contributed by atoms with Gasteiger partial charge in [-0.25, -0.2) is 4.79 Å². The molecule has 0 unspecified atom stereocenters. The highest BCUT2D eigenvalue weighted by Gasteiger charge is 2.13. The van der Waals surface area contributed by atoms with E-state index in [2.05, 4.69) is 10.5 Å². The number of nitriles is 2. The van der Waals surface area contributed by atoms with Gasteiger partial charge in [-0.1, -0.05) is 23.7 Å². The van der Waals surface area contributed by atoms with Crippen molar-refractivity contribution in [3.05, 3.63) is 59.1 Å². The number of ether oxygens (including phenoxy) is 1. The topological polar surface area (TPSA) is 98.3 Å². The Hall–Kier alpha value is -3.35. The number of hydrogen-bond acceptors (Lipinski definition) is 6. The third-order valence-corrected chi connectivity index (χ3v) is 2.92. The van der Waals surface area contributed by atoms with Gasteiger partial charge >= 0.3 is 5.97 Å². The minimum Gasteiger partial charge on any atom is -0.423 e. The van der Waals surface area contributed by atoms with Gasteiger partial charge in [-0.15, -0.1) is 0 Å².